The van der Waals surface area contributed by atoms with Crippen molar-refractivity contribution < 1.29 is 18.0 Å². The van der Waals surface area contributed by atoms with Gasteiger partial charge in [-0.15, -0.1) is 0 Å². The minimum atomic E-state index is -4.47. The molecule has 0 aromatic carbocycles. The Morgan fingerprint density at radius 1 is 1.17 bits per heavy atom. The smallest absolute Gasteiger partial charge is 0.365 e. The summed E-state index contributed by atoms with van der Waals surface area (Å²) in [4.78, 5) is 21.7. The Labute approximate surface area is 136 Å². The number of nitrogens with one attached hydrogen (secondary N) is 1. The highest BCUT2D eigenvalue weighted by atomic mass is 19.4. The third-order valence-corrected chi connectivity index (χ3v) is 3.81. The number of hydrogen-bond donors (Lipinski definition) is 1. The van der Waals surface area contributed by atoms with Crippen LogP contribution in [0.5, 0.6) is 0 Å². The first-order valence-electron chi connectivity index (χ1n) is 7.44. The number of nitrogens with zero attached hydrogens (tertiary/aromatic N) is 3. The molecule has 2 aromatic rings. The summed E-state index contributed by atoms with van der Waals surface area (Å²) in [5.41, 5.74) is -0.480. The molecular weight excluding hydrogens is 321 g/mol. The number of alkyl halides is 3. The standard InChI is InChI=1S/C16H15F3N4O/c17-16(18,19)12-4-3-8-21-14(12)22-11-6-9-23(10-11)15(24)13-5-1-2-7-20-13/h1-5,7-8,11H,6,9-10H2,(H,21,22). The molecule has 1 amide bonds. The molecule has 24 heavy (non-hydrogen) atoms. The van der Waals surface area contributed by atoms with Crippen molar-refractivity contribution in [3.63, 3.8) is 0 Å². The van der Waals surface area contributed by atoms with Crippen LogP contribution in [-0.4, -0.2) is 39.9 Å². The Bertz CT molecular complexity index is 721. The van der Waals surface area contributed by atoms with Crippen LogP contribution in [0.25, 0.3) is 0 Å². The van der Waals surface area contributed by atoms with Crippen molar-refractivity contribution in [2.45, 2.75) is 18.6 Å². The molecule has 1 N–H and O–H groups in total. The van der Waals surface area contributed by atoms with Gasteiger partial charge in [0.05, 0.1) is 5.56 Å². The molecule has 2 aromatic heterocycles. The third kappa shape index (κ3) is 3.47. The first-order valence-corrected chi connectivity index (χ1v) is 7.44. The molecule has 0 spiro atoms. The van der Waals surface area contributed by atoms with Crippen molar-refractivity contribution in [1.29, 1.82) is 0 Å². The summed E-state index contributed by atoms with van der Waals surface area (Å²) in [6.07, 6.45) is -1.09. The average Bonchev–Trinajstić information content (AvgIpc) is 3.03. The number of likely N-dealkylation sites (tertiary alicyclic amines) is 1. The van der Waals surface area contributed by atoms with Crippen LogP contribution in [-0.2, 0) is 6.18 Å². The van der Waals surface area contributed by atoms with Crippen LogP contribution in [0, 0.1) is 0 Å². The summed E-state index contributed by atoms with van der Waals surface area (Å²) < 4.78 is 39.0. The fourth-order valence-electron chi connectivity index (χ4n) is 2.66. The van der Waals surface area contributed by atoms with Gasteiger partial charge in [0.25, 0.3) is 5.91 Å². The second kappa shape index (κ2) is 6.46. The molecule has 1 fully saturated rings. The molecule has 0 bridgehead atoms. The highest BCUT2D eigenvalue weighted by Gasteiger charge is 2.35. The van der Waals surface area contributed by atoms with Gasteiger partial charge in [0, 0.05) is 31.5 Å². The van der Waals surface area contributed by atoms with E-state index in [0.29, 0.717) is 25.2 Å². The molecular formula is C16H15F3N4O. The second-order valence-electron chi connectivity index (χ2n) is 5.49. The topological polar surface area (TPSA) is 58.1 Å². The number of anilines is 1. The van der Waals surface area contributed by atoms with Gasteiger partial charge < -0.3 is 10.2 Å². The molecule has 3 rings (SSSR count). The number of amides is 1. The lowest BCUT2D eigenvalue weighted by molar-refractivity contribution is -0.137. The van der Waals surface area contributed by atoms with Crippen LogP contribution in [0.2, 0.25) is 0 Å². The lowest BCUT2D eigenvalue weighted by atomic mass is 10.2. The predicted molar refractivity (Wildman–Crippen MR) is 81.4 cm³/mol. The van der Waals surface area contributed by atoms with Crippen molar-refractivity contribution in [2.24, 2.45) is 0 Å². The van der Waals surface area contributed by atoms with Gasteiger partial charge in [-0.3, -0.25) is 9.78 Å². The molecule has 1 aliphatic rings. The SMILES string of the molecule is O=C(c1ccccn1)N1CCC(Nc2ncccc2C(F)(F)F)C1. The summed E-state index contributed by atoms with van der Waals surface area (Å²) in [5, 5.41) is 2.81. The van der Waals surface area contributed by atoms with Crippen LogP contribution in [0.1, 0.15) is 22.5 Å². The van der Waals surface area contributed by atoms with Crippen LogP contribution >= 0.6 is 0 Å². The molecule has 0 radical (unpaired) electrons. The normalized spacial score (nSPS) is 17.8. The average molecular weight is 336 g/mol. The van der Waals surface area contributed by atoms with Crippen molar-refractivity contribution in [2.75, 3.05) is 18.4 Å². The Kier molecular flexibility index (Phi) is 4.37. The van der Waals surface area contributed by atoms with E-state index < -0.39 is 11.7 Å². The maximum Gasteiger partial charge on any atom is 0.419 e. The number of rotatable bonds is 3. The van der Waals surface area contributed by atoms with Crippen molar-refractivity contribution in [3.8, 4) is 0 Å². The lowest BCUT2D eigenvalue weighted by Gasteiger charge is -2.19. The van der Waals surface area contributed by atoms with E-state index in [1.54, 1.807) is 23.1 Å². The van der Waals surface area contributed by atoms with Crippen molar-refractivity contribution >= 4 is 11.7 Å². The van der Waals surface area contributed by atoms with Gasteiger partial charge in [0.15, 0.2) is 0 Å². The molecule has 1 saturated heterocycles. The van der Waals surface area contributed by atoms with Crippen molar-refractivity contribution in [1.82, 2.24) is 14.9 Å². The van der Waals surface area contributed by atoms with E-state index in [1.165, 1.54) is 18.5 Å². The van der Waals surface area contributed by atoms with Gasteiger partial charge >= 0.3 is 6.18 Å². The van der Waals surface area contributed by atoms with E-state index in [-0.39, 0.29) is 17.8 Å². The van der Waals surface area contributed by atoms with E-state index >= 15 is 0 Å². The summed E-state index contributed by atoms with van der Waals surface area (Å²) in [6, 6.07) is 7.00. The Morgan fingerprint density at radius 3 is 2.67 bits per heavy atom. The maximum atomic E-state index is 13.0. The first kappa shape index (κ1) is 16.2. The largest absolute Gasteiger partial charge is 0.419 e. The zero-order chi connectivity index (χ0) is 17.2. The van der Waals surface area contributed by atoms with Gasteiger partial charge in [-0.1, -0.05) is 6.07 Å². The first-order chi connectivity index (χ1) is 11.4. The lowest BCUT2D eigenvalue weighted by Crippen LogP contribution is -2.32. The molecule has 3 heterocycles. The Hall–Kier alpha value is -2.64. The number of hydrogen-bond acceptors (Lipinski definition) is 4. The van der Waals surface area contributed by atoms with Crippen LogP contribution < -0.4 is 5.32 Å². The van der Waals surface area contributed by atoms with Gasteiger partial charge in [-0.2, -0.15) is 13.2 Å². The molecule has 5 nitrogen and oxygen atoms in total. The number of aromatic nitrogens is 2. The number of halogens is 3. The van der Waals surface area contributed by atoms with Gasteiger partial charge in [-0.05, 0) is 30.7 Å². The second-order valence-corrected chi connectivity index (χ2v) is 5.49. The molecule has 1 unspecified atom stereocenters. The number of carbonyl (C=O) groups is 1. The minimum Gasteiger partial charge on any atom is -0.365 e. The number of carbonyl (C=O) groups excluding carboxylic acids is 1. The molecule has 1 aliphatic heterocycles. The monoisotopic (exact) mass is 336 g/mol. The van der Waals surface area contributed by atoms with Crippen LogP contribution in [0.3, 0.4) is 0 Å². The highest BCUT2D eigenvalue weighted by Crippen LogP contribution is 2.34. The maximum absolute atomic E-state index is 13.0. The summed E-state index contributed by atoms with van der Waals surface area (Å²) in [7, 11) is 0. The molecule has 126 valence electrons. The summed E-state index contributed by atoms with van der Waals surface area (Å²) in [6.45, 7) is 0.768. The minimum absolute atomic E-state index is 0.206. The van der Waals surface area contributed by atoms with E-state index in [1.807, 2.05) is 0 Å². The quantitative estimate of drug-likeness (QED) is 0.936. The predicted octanol–water partition coefficient (Wildman–Crippen LogP) is 2.82. The number of pyridine rings is 2. The van der Waals surface area contributed by atoms with Gasteiger partial charge in [0.2, 0.25) is 0 Å². The van der Waals surface area contributed by atoms with Crippen LogP contribution in [0.4, 0.5) is 19.0 Å². The zero-order valence-corrected chi connectivity index (χ0v) is 12.6. The molecule has 8 heteroatoms. The van der Waals surface area contributed by atoms with Crippen molar-refractivity contribution in [3.05, 3.63) is 54.0 Å². The Balaban J connectivity index is 1.68. The zero-order valence-electron chi connectivity index (χ0n) is 12.6. The molecule has 0 saturated carbocycles. The van der Waals surface area contributed by atoms with Gasteiger partial charge in [0.1, 0.15) is 11.5 Å². The van der Waals surface area contributed by atoms with E-state index in [4.69, 9.17) is 0 Å². The Morgan fingerprint density at radius 2 is 1.96 bits per heavy atom. The van der Waals surface area contributed by atoms with Crippen LogP contribution in [0.15, 0.2) is 42.7 Å². The highest BCUT2D eigenvalue weighted by molar-refractivity contribution is 5.92. The fourth-order valence-corrected chi connectivity index (χ4v) is 2.66. The van der Waals surface area contributed by atoms with Gasteiger partial charge in [-0.25, -0.2) is 4.98 Å². The molecule has 0 aliphatic carbocycles. The summed E-state index contributed by atoms with van der Waals surface area (Å²) >= 11 is 0. The fraction of sp³-hybridized carbons (Fsp3) is 0.312. The van der Waals surface area contributed by atoms with E-state index in [0.717, 1.165) is 6.07 Å². The van der Waals surface area contributed by atoms with E-state index in [2.05, 4.69) is 15.3 Å². The van der Waals surface area contributed by atoms with E-state index in [9.17, 15) is 18.0 Å². The third-order valence-electron chi connectivity index (χ3n) is 3.81. The molecule has 1 atom stereocenters. The summed E-state index contributed by atoms with van der Waals surface area (Å²) in [5.74, 6) is -0.431.